The first-order valence-electron chi connectivity index (χ1n) is 6.10. The van der Waals surface area contributed by atoms with Gasteiger partial charge in [0.2, 0.25) is 0 Å². The molecule has 0 aromatic rings. The molecule has 0 aromatic heterocycles. The van der Waals surface area contributed by atoms with Crippen LogP contribution in [-0.4, -0.2) is 6.88 Å². The van der Waals surface area contributed by atoms with Crippen LogP contribution in [0.3, 0.4) is 0 Å². The van der Waals surface area contributed by atoms with E-state index < -0.39 is 17.4 Å². The Hall–Kier alpha value is 0.640. The average molecular weight is 383 g/mol. The molecule has 2 aliphatic carbocycles. The van der Waals surface area contributed by atoms with E-state index in [1.165, 1.54) is 24.0 Å². The first-order chi connectivity index (χ1) is 7.28. The van der Waals surface area contributed by atoms with Crippen LogP contribution in [0.5, 0.6) is 0 Å². The van der Waals surface area contributed by atoms with Gasteiger partial charge in [0.15, 0.2) is 0 Å². The zero-order valence-electron chi connectivity index (χ0n) is 11.7. The van der Waals surface area contributed by atoms with Crippen LogP contribution < -0.4 is 0 Å². The first kappa shape index (κ1) is 18.6. The van der Waals surface area contributed by atoms with Gasteiger partial charge in [-0.2, -0.15) is 0 Å². The fraction of sp³-hybridized carbons (Fsp3) is 0.429. The Balaban J connectivity index is 0.00000144. The Kier molecular flexibility index (Phi) is 6.17. The van der Waals surface area contributed by atoms with Crippen molar-refractivity contribution in [3.05, 3.63) is 42.0 Å². The fourth-order valence-electron chi connectivity index (χ4n) is 2.64. The molecule has 0 unspecified atom stereocenters. The van der Waals surface area contributed by atoms with Gasteiger partial charge in [0.1, 0.15) is 0 Å². The van der Waals surface area contributed by atoms with E-state index in [4.69, 9.17) is 0 Å². The molecular weight excluding hydrogens is 358 g/mol. The second-order valence-corrected chi connectivity index (χ2v) is 35.3. The summed E-state index contributed by atoms with van der Waals surface area (Å²) in [6.45, 7) is 6.83. The maximum absolute atomic E-state index is 2.71. The van der Waals surface area contributed by atoms with E-state index >= 15 is 0 Å². The molecule has 0 aliphatic heterocycles. The van der Waals surface area contributed by atoms with Crippen LogP contribution in [-0.2, 0) is 17.4 Å². The standard InChI is InChI=1S/2C6H7.2CH3.2ClH.H2Si.Zr/c2*1-6-4-2-3-5-6;;;;;;/h4-5H,2H2,1H3;2,4H,5H2,1H3;2*1H3;2*1H;1H2;. The quantitative estimate of drug-likeness (QED) is 0.611. The number of hydrogen-bond donors (Lipinski definition) is 0. The molecule has 0 spiro atoms. The van der Waals surface area contributed by atoms with Gasteiger partial charge in [-0.15, -0.1) is 24.8 Å². The van der Waals surface area contributed by atoms with Gasteiger partial charge in [0.25, 0.3) is 0 Å². The number of allylic oxidation sites excluding steroid dienone is 8. The van der Waals surface area contributed by atoms with Crippen molar-refractivity contribution in [3.8, 4) is 0 Å². The molecule has 0 fully saturated rings. The summed E-state index contributed by atoms with van der Waals surface area (Å²) in [5, 5.41) is 0. The van der Waals surface area contributed by atoms with Crippen molar-refractivity contribution in [2.45, 2.75) is 36.0 Å². The second kappa shape index (κ2) is 5.95. The Morgan fingerprint density at radius 1 is 1.06 bits per heavy atom. The van der Waals surface area contributed by atoms with Crippen molar-refractivity contribution < 1.29 is 17.4 Å². The van der Waals surface area contributed by atoms with Gasteiger partial charge in [-0.25, -0.2) is 0 Å². The van der Waals surface area contributed by atoms with Gasteiger partial charge in [0.05, 0.1) is 0 Å². The summed E-state index contributed by atoms with van der Waals surface area (Å²) in [6, 6.07) is 0. The van der Waals surface area contributed by atoms with Crippen LogP contribution >= 0.6 is 24.8 Å². The molecule has 2 rings (SSSR count). The summed E-state index contributed by atoms with van der Waals surface area (Å²) < 4.78 is 8.73. The third-order valence-electron chi connectivity index (χ3n) is 4.14. The van der Waals surface area contributed by atoms with Gasteiger partial charge >= 0.3 is 102 Å². The Bertz CT molecular complexity index is 530. The molecule has 0 saturated carbocycles. The molecule has 0 atom stereocenters. The van der Waals surface area contributed by atoms with Crippen molar-refractivity contribution in [1.29, 1.82) is 0 Å². The van der Waals surface area contributed by atoms with E-state index in [-0.39, 0.29) is 24.8 Å². The van der Waals surface area contributed by atoms with Gasteiger partial charge in [-0.3, -0.25) is 0 Å². The van der Waals surface area contributed by atoms with Gasteiger partial charge in [-0.1, -0.05) is 0 Å². The molecule has 0 amide bonds. The van der Waals surface area contributed by atoms with E-state index in [0.29, 0.717) is 0 Å². The van der Waals surface area contributed by atoms with E-state index in [1.54, 1.807) is 6.56 Å². The SMILES string of the molecule is CC1=CC[C]([Zr]([CH3])([CH3])(=[SiH2])[C]2=CC=C(C)C2)=C1.Cl.Cl. The molecule has 102 valence electrons. The van der Waals surface area contributed by atoms with Crippen LogP contribution in [0.2, 0.25) is 9.26 Å². The number of halogens is 2. The molecule has 0 saturated heterocycles. The van der Waals surface area contributed by atoms with Crippen LogP contribution in [0, 0.1) is 0 Å². The number of hydrogen-bond acceptors (Lipinski definition) is 0. The van der Waals surface area contributed by atoms with Crippen LogP contribution in [0.1, 0.15) is 26.7 Å². The van der Waals surface area contributed by atoms with E-state index in [9.17, 15) is 0 Å². The normalized spacial score (nSPS) is 19.2. The third kappa shape index (κ3) is 3.39. The minimum Gasteiger partial charge on any atom is -0.147 e. The van der Waals surface area contributed by atoms with Crippen molar-refractivity contribution >= 4 is 31.7 Å². The van der Waals surface area contributed by atoms with E-state index in [0.717, 1.165) is 0 Å². The fourth-order valence-corrected chi connectivity index (χ4v) is 13.7. The summed E-state index contributed by atoms with van der Waals surface area (Å²) in [7, 11) is 0. The smallest absolute Gasteiger partial charge is 0.147 e. The maximum Gasteiger partial charge on any atom is -0.147 e. The summed E-state index contributed by atoms with van der Waals surface area (Å²) in [6.07, 6.45) is 12.0. The van der Waals surface area contributed by atoms with Crippen molar-refractivity contribution in [2.75, 3.05) is 0 Å². The first-order valence-corrected chi connectivity index (χ1v) is 19.4. The van der Waals surface area contributed by atoms with E-state index in [1.807, 2.05) is 0 Å². The van der Waals surface area contributed by atoms with Gasteiger partial charge in [0, 0.05) is 0 Å². The zero-order valence-corrected chi connectivity index (χ0v) is 17.3. The molecule has 0 N–H and O–H groups in total. The minimum atomic E-state index is -2.71. The molecule has 4 heteroatoms. The van der Waals surface area contributed by atoms with E-state index in [2.05, 4.69) is 54.3 Å². The topological polar surface area (TPSA) is 0 Å². The van der Waals surface area contributed by atoms with Gasteiger partial charge < -0.3 is 0 Å². The monoisotopic (exact) mass is 380 g/mol. The zero-order chi connectivity index (χ0) is 12.0. The Labute approximate surface area is 126 Å². The average Bonchev–Trinajstić information content (AvgIpc) is 2.73. The predicted octanol–water partition coefficient (Wildman–Crippen LogP) is 4.63. The molecule has 0 aromatic carbocycles. The largest absolute Gasteiger partial charge is 0.147 e. The molecule has 0 bridgehead atoms. The van der Waals surface area contributed by atoms with Crippen LogP contribution in [0.25, 0.3) is 0 Å². The molecular formula is C14H24Cl2SiZr. The van der Waals surface area contributed by atoms with Crippen molar-refractivity contribution in [1.82, 2.24) is 0 Å². The predicted molar refractivity (Wildman–Crippen MR) is 87.7 cm³/mol. The molecule has 0 heterocycles. The molecule has 0 radical (unpaired) electrons. The Morgan fingerprint density at radius 3 is 2.06 bits per heavy atom. The van der Waals surface area contributed by atoms with Crippen molar-refractivity contribution in [2.24, 2.45) is 0 Å². The molecule has 0 nitrogen and oxygen atoms in total. The third-order valence-corrected chi connectivity index (χ3v) is 21.3. The summed E-state index contributed by atoms with van der Waals surface area (Å²) in [5.41, 5.74) is 3.00. The van der Waals surface area contributed by atoms with Crippen LogP contribution in [0.4, 0.5) is 0 Å². The summed E-state index contributed by atoms with van der Waals surface area (Å²) in [5.74, 6) is 0. The van der Waals surface area contributed by atoms with Crippen LogP contribution in [0.15, 0.2) is 42.0 Å². The van der Waals surface area contributed by atoms with Crippen molar-refractivity contribution in [3.63, 3.8) is 0 Å². The number of rotatable bonds is 2. The second-order valence-electron chi connectivity index (χ2n) is 6.39. The Morgan fingerprint density at radius 2 is 1.67 bits per heavy atom. The summed E-state index contributed by atoms with van der Waals surface area (Å²) in [4.78, 5) is 0. The minimum absolute atomic E-state index is 0. The summed E-state index contributed by atoms with van der Waals surface area (Å²) >= 11 is -2.71. The molecule has 18 heavy (non-hydrogen) atoms. The van der Waals surface area contributed by atoms with Gasteiger partial charge in [-0.05, 0) is 0 Å². The molecule has 2 aliphatic rings. The maximum atomic E-state index is 2.59.